The van der Waals surface area contributed by atoms with Gasteiger partial charge in [0.1, 0.15) is 5.76 Å². The summed E-state index contributed by atoms with van der Waals surface area (Å²) >= 11 is 10.2. The zero-order valence-corrected chi connectivity index (χ0v) is 13.7. The first-order valence-electron chi connectivity index (χ1n) is 4.62. The molecule has 0 saturated heterocycles. The molecule has 0 aliphatic rings. The van der Waals surface area contributed by atoms with Gasteiger partial charge in [-0.25, -0.2) is 4.79 Å². The number of esters is 1. The lowest BCUT2D eigenvalue weighted by Crippen LogP contribution is -2.03. The van der Waals surface area contributed by atoms with Crippen LogP contribution in [0.1, 0.15) is 16.1 Å². The number of ether oxygens (including phenoxy) is 1. The number of rotatable bonds is 1. The van der Waals surface area contributed by atoms with Gasteiger partial charge in [-0.3, -0.25) is 0 Å². The highest BCUT2D eigenvalue weighted by molar-refractivity contribution is 9.14. The molecule has 2 rings (SSSR count). The van der Waals surface area contributed by atoms with Crippen molar-refractivity contribution in [1.82, 2.24) is 0 Å². The molecule has 0 aliphatic carbocycles. The van der Waals surface area contributed by atoms with Crippen molar-refractivity contribution in [2.75, 3.05) is 7.11 Å². The molecule has 1 aromatic heterocycles. The Hall–Kier alpha value is -0.330. The predicted octanol–water partition coefficient (Wildman–Crippen LogP) is 4.82. The molecular weight excluding hydrogens is 420 g/mol. The van der Waals surface area contributed by atoms with Crippen LogP contribution in [0.2, 0.25) is 0 Å². The van der Waals surface area contributed by atoms with Crippen molar-refractivity contribution < 1.29 is 13.9 Å². The Kier molecular flexibility index (Phi) is 3.66. The van der Waals surface area contributed by atoms with Gasteiger partial charge in [0.05, 0.1) is 21.6 Å². The average molecular weight is 427 g/mol. The van der Waals surface area contributed by atoms with Crippen LogP contribution < -0.4 is 0 Å². The zero-order chi connectivity index (χ0) is 12.7. The van der Waals surface area contributed by atoms with E-state index in [0.717, 1.165) is 20.1 Å². The Labute approximate surface area is 123 Å². The zero-order valence-electron chi connectivity index (χ0n) is 8.94. The summed E-state index contributed by atoms with van der Waals surface area (Å²) in [5, 5.41) is 0.719. The maximum atomic E-state index is 11.8. The smallest absolute Gasteiger partial charge is 0.339 e. The van der Waals surface area contributed by atoms with Crippen molar-refractivity contribution in [3.8, 4) is 0 Å². The Balaban J connectivity index is 2.94. The maximum absolute atomic E-state index is 11.8. The van der Waals surface area contributed by atoms with Crippen molar-refractivity contribution >= 4 is 64.7 Å². The van der Waals surface area contributed by atoms with Crippen molar-refractivity contribution in [2.24, 2.45) is 0 Å². The van der Waals surface area contributed by atoms with Crippen LogP contribution in [0.15, 0.2) is 23.9 Å². The molecule has 0 fully saturated rings. The molecule has 0 amide bonds. The van der Waals surface area contributed by atoms with E-state index < -0.39 is 5.97 Å². The van der Waals surface area contributed by atoms with Crippen LogP contribution in [-0.2, 0) is 4.74 Å². The van der Waals surface area contributed by atoms with Crippen LogP contribution in [0.3, 0.4) is 0 Å². The molecule has 2 aromatic rings. The number of fused-ring (bicyclic) bond motifs is 1. The van der Waals surface area contributed by atoms with Gasteiger partial charge in [-0.2, -0.15) is 0 Å². The molecule has 17 heavy (non-hydrogen) atoms. The summed E-state index contributed by atoms with van der Waals surface area (Å²) in [4.78, 5) is 11.8. The van der Waals surface area contributed by atoms with E-state index in [4.69, 9.17) is 9.15 Å². The molecule has 6 heteroatoms. The fourth-order valence-corrected chi connectivity index (χ4v) is 3.30. The van der Waals surface area contributed by atoms with Crippen LogP contribution in [-0.4, -0.2) is 13.1 Å². The van der Waals surface area contributed by atoms with Crippen molar-refractivity contribution in [3.63, 3.8) is 0 Å². The SMILES string of the molecule is COC(=O)c1c(Br)c(Br)c(Br)c2oc(C)cc12. The lowest BCUT2D eigenvalue weighted by atomic mass is 10.1. The average Bonchev–Trinajstić information content (AvgIpc) is 2.68. The first-order valence-corrected chi connectivity index (χ1v) is 7.00. The number of carbonyl (C=O) groups excluding carboxylic acids is 1. The van der Waals surface area contributed by atoms with E-state index in [2.05, 4.69) is 47.8 Å². The molecule has 0 bridgehead atoms. The highest BCUT2D eigenvalue weighted by Gasteiger charge is 2.23. The third-order valence-electron chi connectivity index (χ3n) is 2.32. The third kappa shape index (κ3) is 2.06. The quantitative estimate of drug-likeness (QED) is 0.485. The fraction of sp³-hybridized carbons (Fsp3) is 0.182. The molecule has 0 unspecified atom stereocenters. The second-order valence-electron chi connectivity index (χ2n) is 3.41. The molecular formula is C11H7Br3O3. The number of hydrogen-bond acceptors (Lipinski definition) is 3. The van der Waals surface area contributed by atoms with Gasteiger partial charge in [-0.05, 0) is 60.8 Å². The van der Waals surface area contributed by atoms with Gasteiger partial charge in [-0.15, -0.1) is 0 Å². The molecule has 0 saturated carbocycles. The molecule has 3 nitrogen and oxygen atoms in total. The minimum Gasteiger partial charge on any atom is -0.465 e. The first kappa shape index (κ1) is 13.1. The van der Waals surface area contributed by atoms with Gasteiger partial charge >= 0.3 is 5.97 Å². The van der Waals surface area contributed by atoms with Crippen molar-refractivity contribution in [2.45, 2.75) is 6.92 Å². The lowest BCUT2D eigenvalue weighted by molar-refractivity contribution is 0.0602. The number of benzene rings is 1. The Morgan fingerprint density at radius 2 is 1.88 bits per heavy atom. The number of hydrogen-bond donors (Lipinski definition) is 0. The highest BCUT2D eigenvalue weighted by Crippen LogP contribution is 2.42. The summed E-state index contributed by atoms with van der Waals surface area (Å²) in [6.45, 7) is 1.83. The molecule has 0 radical (unpaired) electrons. The monoisotopic (exact) mass is 424 g/mol. The number of carbonyl (C=O) groups is 1. The van der Waals surface area contributed by atoms with Crippen LogP contribution in [0.4, 0.5) is 0 Å². The van der Waals surface area contributed by atoms with Gasteiger partial charge in [0.15, 0.2) is 5.58 Å². The predicted molar refractivity (Wildman–Crippen MR) is 75.4 cm³/mol. The number of aryl methyl sites for hydroxylation is 1. The molecule has 90 valence electrons. The number of furan rings is 1. The summed E-state index contributed by atoms with van der Waals surface area (Å²) in [6.07, 6.45) is 0. The largest absolute Gasteiger partial charge is 0.465 e. The summed E-state index contributed by atoms with van der Waals surface area (Å²) in [5.41, 5.74) is 1.08. The summed E-state index contributed by atoms with van der Waals surface area (Å²) < 4.78 is 12.5. The van der Waals surface area contributed by atoms with E-state index in [0.29, 0.717) is 15.6 Å². The second-order valence-corrected chi connectivity index (χ2v) is 5.79. The normalized spacial score (nSPS) is 10.9. The third-order valence-corrected chi connectivity index (χ3v) is 5.73. The van der Waals surface area contributed by atoms with Gasteiger partial charge in [0.25, 0.3) is 0 Å². The van der Waals surface area contributed by atoms with E-state index in [1.165, 1.54) is 7.11 Å². The summed E-state index contributed by atoms with van der Waals surface area (Å²) in [5.74, 6) is 0.326. The van der Waals surface area contributed by atoms with E-state index in [9.17, 15) is 4.79 Å². The van der Waals surface area contributed by atoms with Crippen LogP contribution in [0.5, 0.6) is 0 Å². The van der Waals surface area contributed by atoms with Gasteiger partial charge in [0, 0.05) is 9.86 Å². The number of methoxy groups -OCH3 is 1. The summed E-state index contributed by atoms with van der Waals surface area (Å²) in [7, 11) is 1.35. The first-order chi connectivity index (χ1) is 7.97. The second kappa shape index (κ2) is 4.74. The molecule has 1 heterocycles. The summed E-state index contributed by atoms with van der Waals surface area (Å²) in [6, 6.07) is 1.81. The molecule has 0 atom stereocenters. The Morgan fingerprint density at radius 1 is 1.24 bits per heavy atom. The van der Waals surface area contributed by atoms with Crippen molar-refractivity contribution in [3.05, 3.63) is 30.8 Å². The molecule has 0 spiro atoms. The van der Waals surface area contributed by atoms with Gasteiger partial charge < -0.3 is 9.15 Å². The highest BCUT2D eigenvalue weighted by atomic mass is 79.9. The van der Waals surface area contributed by atoms with Crippen LogP contribution in [0.25, 0.3) is 11.0 Å². The Bertz CT molecular complexity index is 616. The van der Waals surface area contributed by atoms with E-state index in [1.807, 2.05) is 13.0 Å². The van der Waals surface area contributed by atoms with E-state index >= 15 is 0 Å². The van der Waals surface area contributed by atoms with Crippen LogP contribution in [0, 0.1) is 6.92 Å². The number of halogens is 3. The van der Waals surface area contributed by atoms with Crippen molar-refractivity contribution in [1.29, 1.82) is 0 Å². The van der Waals surface area contributed by atoms with Crippen LogP contribution >= 0.6 is 47.8 Å². The van der Waals surface area contributed by atoms with Gasteiger partial charge in [0.2, 0.25) is 0 Å². The molecule has 1 aromatic carbocycles. The van der Waals surface area contributed by atoms with E-state index in [-0.39, 0.29) is 0 Å². The molecule has 0 N–H and O–H groups in total. The minimum absolute atomic E-state index is 0.407. The fourth-order valence-electron chi connectivity index (χ4n) is 1.59. The minimum atomic E-state index is -0.407. The Morgan fingerprint density at radius 3 is 2.47 bits per heavy atom. The lowest BCUT2D eigenvalue weighted by Gasteiger charge is -2.07. The topological polar surface area (TPSA) is 39.4 Å². The maximum Gasteiger partial charge on any atom is 0.339 e. The van der Waals surface area contributed by atoms with E-state index in [1.54, 1.807) is 0 Å². The molecule has 0 aliphatic heterocycles. The van der Waals surface area contributed by atoms with Gasteiger partial charge in [-0.1, -0.05) is 0 Å². The standard InChI is InChI=1S/C11H7Br3O3/c1-4-3-5-6(11(15)16-2)7(12)8(13)9(14)10(5)17-4/h3H,1-2H3.